The molecule has 0 atom stereocenters. The van der Waals surface area contributed by atoms with Gasteiger partial charge in [-0.2, -0.15) is 0 Å². The molecule has 0 unspecified atom stereocenters. The lowest BCUT2D eigenvalue weighted by molar-refractivity contribution is 0.185. The Labute approximate surface area is 108 Å². The Morgan fingerprint density at radius 1 is 1.33 bits per heavy atom. The third-order valence-corrected chi connectivity index (χ3v) is 3.13. The molecule has 0 aliphatic carbocycles. The monoisotopic (exact) mass is 248 g/mol. The maximum Gasteiger partial charge on any atom is 0.321 e. The molecule has 0 radical (unpaired) electrons. The fraction of sp³-hybridized carbons (Fsp3) is 0.500. The molecule has 1 aromatic rings. The molecule has 2 amide bonds. The molecule has 1 N–H and O–H groups in total. The predicted molar refractivity (Wildman–Crippen MR) is 71.6 cm³/mol. The maximum absolute atomic E-state index is 12.0. The number of likely N-dealkylation sites (tertiary alicyclic amines) is 1. The average molecular weight is 248 g/mol. The number of carbonyl (C=O) groups is 1. The summed E-state index contributed by atoms with van der Waals surface area (Å²) in [4.78, 5) is 13.9. The smallest absolute Gasteiger partial charge is 0.321 e. The summed E-state index contributed by atoms with van der Waals surface area (Å²) in [6.45, 7) is 2.29. The number of hydrogen-bond donors (Lipinski definition) is 1. The topological polar surface area (TPSA) is 41.6 Å². The Hall–Kier alpha value is -1.55. The molecule has 18 heavy (non-hydrogen) atoms. The van der Waals surface area contributed by atoms with Crippen molar-refractivity contribution in [1.82, 2.24) is 4.90 Å². The lowest BCUT2D eigenvalue weighted by Crippen LogP contribution is -2.38. The molecule has 1 aliphatic rings. The summed E-state index contributed by atoms with van der Waals surface area (Å²) >= 11 is 0. The molecule has 1 heterocycles. The molecule has 2 rings (SSSR count). The lowest BCUT2D eigenvalue weighted by Gasteiger charge is -2.26. The minimum Gasteiger partial charge on any atom is -0.380 e. The van der Waals surface area contributed by atoms with E-state index in [2.05, 4.69) is 5.32 Å². The van der Waals surface area contributed by atoms with E-state index in [0.29, 0.717) is 6.61 Å². The standard InChI is InChI=1S/C14H20N2O2/c1-18-11-12-6-5-7-13(10-12)15-14(17)16-8-3-2-4-9-16/h5-7,10H,2-4,8-9,11H2,1H3,(H,15,17). The van der Waals surface area contributed by atoms with E-state index < -0.39 is 0 Å². The van der Waals surface area contributed by atoms with Crippen LogP contribution in [0.4, 0.5) is 10.5 Å². The molecule has 1 aliphatic heterocycles. The van der Waals surface area contributed by atoms with Crippen molar-refractivity contribution in [2.24, 2.45) is 0 Å². The minimum absolute atomic E-state index is 0.00395. The van der Waals surface area contributed by atoms with E-state index in [4.69, 9.17) is 4.74 Å². The van der Waals surface area contributed by atoms with Crippen molar-refractivity contribution in [1.29, 1.82) is 0 Å². The van der Waals surface area contributed by atoms with Gasteiger partial charge in [-0.05, 0) is 37.0 Å². The van der Waals surface area contributed by atoms with Crippen LogP contribution >= 0.6 is 0 Å². The molecule has 0 saturated carbocycles. The van der Waals surface area contributed by atoms with Crippen LogP contribution in [0, 0.1) is 0 Å². The number of rotatable bonds is 3. The SMILES string of the molecule is COCc1cccc(NC(=O)N2CCCCC2)c1. The van der Waals surface area contributed by atoms with Gasteiger partial charge in [0.2, 0.25) is 0 Å². The molecule has 0 aromatic heterocycles. The summed E-state index contributed by atoms with van der Waals surface area (Å²) in [6.07, 6.45) is 3.45. The van der Waals surface area contributed by atoms with Crippen molar-refractivity contribution in [3.8, 4) is 0 Å². The van der Waals surface area contributed by atoms with Gasteiger partial charge in [-0.15, -0.1) is 0 Å². The molecular formula is C14H20N2O2. The Kier molecular flexibility index (Phi) is 4.59. The number of amides is 2. The first-order valence-corrected chi connectivity index (χ1v) is 6.43. The zero-order valence-corrected chi connectivity index (χ0v) is 10.8. The molecule has 98 valence electrons. The highest BCUT2D eigenvalue weighted by atomic mass is 16.5. The Balaban J connectivity index is 1.95. The van der Waals surface area contributed by atoms with E-state index in [1.807, 2.05) is 29.2 Å². The number of nitrogens with zero attached hydrogens (tertiary/aromatic N) is 1. The highest BCUT2D eigenvalue weighted by molar-refractivity contribution is 5.89. The van der Waals surface area contributed by atoms with E-state index in [-0.39, 0.29) is 6.03 Å². The molecule has 1 aromatic carbocycles. The number of piperidine rings is 1. The number of hydrogen-bond acceptors (Lipinski definition) is 2. The fourth-order valence-electron chi connectivity index (χ4n) is 2.21. The van der Waals surface area contributed by atoms with Crippen molar-refractivity contribution < 1.29 is 9.53 Å². The van der Waals surface area contributed by atoms with E-state index in [1.165, 1.54) is 6.42 Å². The van der Waals surface area contributed by atoms with Crippen LogP contribution < -0.4 is 5.32 Å². The second kappa shape index (κ2) is 6.40. The van der Waals surface area contributed by atoms with Crippen molar-refractivity contribution in [2.45, 2.75) is 25.9 Å². The third-order valence-electron chi connectivity index (χ3n) is 3.13. The second-order valence-electron chi connectivity index (χ2n) is 4.61. The van der Waals surface area contributed by atoms with Gasteiger partial charge >= 0.3 is 6.03 Å². The van der Waals surface area contributed by atoms with E-state index in [0.717, 1.165) is 37.2 Å². The van der Waals surface area contributed by atoms with Crippen LogP contribution in [0.15, 0.2) is 24.3 Å². The van der Waals surface area contributed by atoms with Crippen molar-refractivity contribution in [3.05, 3.63) is 29.8 Å². The van der Waals surface area contributed by atoms with Crippen LogP contribution in [-0.4, -0.2) is 31.1 Å². The van der Waals surface area contributed by atoms with Crippen molar-refractivity contribution >= 4 is 11.7 Å². The first-order valence-electron chi connectivity index (χ1n) is 6.43. The molecule has 4 nitrogen and oxygen atoms in total. The predicted octanol–water partition coefficient (Wildman–Crippen LogP) is 2.85. The number of benzene rings is 1. The van der Waals surface area contributed by atoms with Crippen LogP contribution in [0.2, 0.25) is 0 Å². The first-order chi connectivity index (χ1) is 8.79. The summed E-state index contributed by atoms with van der Waals surface area (Å²) in [5.74, 6) is 0. The molecule has 4 heteroatoms. The summed E-state index contributed by atoms with van der Waals surface area (Å²) in [5, 5.41) is 2.94. The van der Waals surface area contributed by atoms with Crippen LogP contribution in [0.5, 0.6) is 0 Å². The summed E-state index contributed by atoms with van der Waals surface area (Å²) < 4.78 is 5.08. The van der Waals surface area contributed by atoms with Gasteiger partial charge in [-0.1, -0.05) is 12.1 Å². The Bertz CT molecular complexity index is 401. The Morgan fingerprint density at radius 3 is 2.83 bits per heavy atom. The zero-order chi connectivity index (χ0) is 12.8. The molecule has 1 saturated heterocycles. The molecule has 1 fully saturated rings. The minimum atomic E-state index is 0.00395. The zero-order valence-electron chi connectivity index (χ0n) is 10.8. The highest BCUT2D eigenvalue weighted by Gasteiger charge is 2.16. The van der Waals surface area contributed by atoms with E-state index in [1.54, 1.807) is 7.11 Å². The van der Waals surface area contributed by atoms with Gasteiger partial charge < -0.3 is 15.0 Å². The van der Waals surface area contributed by atoms with Crippen molar-refractivity contribution in [2.75, 3.05) is 25.5 Å². The number of ether oxygens (including phenoxy) is 1. The average Bonchev–Trinajstić information content (AvgIpc) is 2.40. The highest BCUT2D eigenvalue weighted by Crippen LogP contribution is 2.14. The number of anilines is 1. The van der Waals surface area contributed by atoms with Crippen LogP contribution in [0.25, 0.3) is 0 Å². The van der Waals surface area contributed by atoms with Gasteiger partial charge in [0.1, 0.15) is 0 Å². The second-order valence-corrected chi connectivity index (χ2v) is 4.61. The van der Waals surface area contributed by atoms with Crippen LogP contribution in [0.1, 0.15) is 24.8 Å². The number of methoxy groups -OCH3 is 1. The van der Waals surface area contributed by atoms with Gasteiger partial charge in [0.25, 0.3) is 0 Å². The van der Waals surface area contributed by atoms with Gasteiger partial charge in [-0.25, -0.2) is 4.79 Å². The fourth-order valence-corrected chi connectivity index (χ4v) is 2.21. The van der Waals surface area contributed by atoms with Crippen LogP contribution in [0.3, 0.4) is 0 Å². The number of nitrogens with one attached hydrogen (secondary N) is 1. The van der Waals surface area contributed by atoms with Gasteiger partial charge in [0.15, 0.2) is 0 Å². The van der Waals surface area contributed by atoms with Crippen molar-refractivity contribution in [3.63, 3.8) is 0 Å². The van der Waals surface area contributed by atoms with Gasteiger partial charge in [-0.3, -0.25) is 0 Å². The van der Waals surface area contributed by atoms with E-state index in [9.17, 15) is 4.79 Å². The molecular weight excluding hydrogens is 228 g/mol. The summed E-state index contributed by atoms with van der Waals surface area (Å²) in [7, 11) is 1.67. The number of urea groups is 1. The maximum atomic E-state index is 12.0. The summed E-state index contributed by atoms with van der Waals surface area (Å²) in [5.41, 5.74) is 1.90. The molecule has 0 bridgehead atoms. The number of carbonyl (C=O) groups excluding carboxylic acids is 1. The first kappa shape index (κ1) is 12.9. The lowest BCUT2D eigenvalue weighted by atomic mass is 10.1. The van der Waals surface area contributed by atoms with Crippen LogP contribution in [-0.2, 0) is 11.3 Å². The van der Waals surface area contributed by atoms with Gasteiger partial charge in [0.05, 0.1) is 6.61 Å². The quantitative estimate of drug-likeness (QED) is 0.893. The van der Waals surface area contributed by atoms with Gasteiger partial charge in [0, 0.05) is 25.9 Å². The molecule has 0 spiro atoms. The largest absolute Gasteiger partial charge is 0.380 e. The summed E-state index contributed by atoms with van der Waals surface area (Å²) in [6, 6.07) is 7.77. The van der Waals surface area contributed by atoms with E-state index >= 15 is 0 Å². The third kappa shape index (κ3) is 3.47. The normalized spacial score (nSPS) is 15.5. The Morgan fingerprint density at radius 2 is 2.11 bits per heavy atom.